The van der Waals surface area contributed by atoms with E-state index in [4.69, 9.17) is 9.47 Å². The zero-order valence-electron chi connectivity index (χ0n) is 15.1. The van der Waals surface area contributed by atoms with Crippen molar-refractivity contribution in [1.82, 2.24) is 10.6 Å². The highest BCUT2D eigenvalue weighted by Gasteiger charge is 2.08. The Labute approximate surface area is 153 Å². The number of benzene rings is 2. The SMILES string of the molecule is CCOc1ccc(C(=O)NCC(=O)NCc2cccc(OCC)c2)cc1. The maximum atomic E-state index is 12.1. The van der Waals surface area contributed by atoms with E-state index >= 15 is 0 Å². The van der Waals surface area contributed by atoms with Crippen LogP contribution in [0.1, 0.15) is 29.8 Å². The van der Waals surface area contributed by atoms with Crippen LogP contribution in [0, 0.1) is 0 Å². The Morgan fingerprint density at radius 2 is 1.58 bits per heavy atom. The summed E-state index contributed by atoms with van der Waals surface area (Å²) in [6.45, 7) is 5.26. The van der Waals surface area contributed by atoms with Crippen LogP contribution in [0.3, 0.4) is 0 Å². The fourth-order valence-corrected chi connectivity index (χ4v) is 2.31. The lowest BCUT2D eigenvalue weighted by Gasteiger charge is -2.09. The van der Waals surface area contributed by atoms with E-state index in [0.29, 0.717) is 31.1 Å². The van der Waals surface area contributed by atoms with Crippen molar-refractivity contribution in [3.05, 3.63) is 59.7 Å². The largest absolute Gasteiger partial charge is 0.494 e. The maximum absolute atomic E-state index is 12.1. The average Bonchev–Trinajstić information content (AvgIpc) is 2.66. The van der Waals surface area contributed by atoms with Crippen molar-refractivity contribution in [3.8, 4) is 11.5 Å². The first-order valence-electron chi connectivity index (χ1n) is 8.62. The fraction of sp³-hybridized carbons (Fsp3) is 0.300. The average molecular weight is 356 g/mol. The molecule has 2 aromatic carbocycles. The van der Waals surface area contributed by atoms with Crippen molar-refractivity contribution >= 4 is 11.8 Å². The molecule has 2 N–H and O–H groups in total. The number of hydrogen-bond donors (Lipinski definition) is 2. The first-order chi connectivity index (χ1) is 12.6. The smallest absolute Gasteiger partial charge is 0.251 e. The molecule has 2 aromatic rings. The zero-order valence-corrected chi connectivity index (χ0v) is 15.1. The first-order valence-corrected chi connectivity index (χ1v) is 8.62. The molecule has 26 heavy (non-hydrogen) atoms. The molecule has 6 heteroatoms. The molecule has 0 saturated heterocycles. The molecule has 0 saturated carbocycles. The second-order valence-corrected chi connectivity index (χ2v) is 5.50. The number of carbonyl (C=O) groups is 2. The van der Waals surface area contributed by atoms with Gasteiger partial charge in [0.15, 0.2) is 0 Å². The predicted octanol–water partition coefficient (Wildman–Crippen LogP) is 2.53. The van der Waals surface area contributed by atoms with Crippen LogP contribution < -0.4 is 20.1 Å². The molecule has 138 valence electrons. The van der Waals surface area contributed by atoms with Gasteiger partial charge in [0, 0.05) is 12.1 Å². The first kappa shape index (κ1) is 19.3. The molecule has 0 atom stereocenters. The standard InChI is InChI=1S/C20H24N2O4/c1-3-25-17-10-8-16(9-11-17)20(24)22-14-19(23)21-13-15-6-5-7-18(12-15)26-4-2/h5-12H,3-4,13-14H2,1-2H3,(H,21,23)(H,22,24). The van der Waals surface area contributed by atoms with Crippen molar-refractivity contribution in [1.29, 1.82) is 0 Å². The lowest BCUT2D eigenvalue weighted by Crippen LogP contribution is -2.36. The highest BCUT2D eigenvalue weighted by Crippen LogP contribution is 2.13. The molecule has 0 aliphatic rings. The summed E-state index contributed by atoms with van der Waals surface area (Å²) in [6, 6.07) is 14.3. The predicted molar refractivity (Wildman–Crippen MR) is 99.4 cm³/mol. The summed E-state index contributed by atoms with van der Waals surface area (Å²) in [7, 11) is 0. The molecule has 0 fully saturated rings. The Morgan fingerprint density at radius 3 is 2.27 bits per heavy atom. The van der Waals surface area contributed by atoms with Gasteiger partial charge in [-0.15, -0.1) is 0 Å². The summed E-state index contributed by atoms with van der Waals surface area (Å²) in [5, 5.41) is 5.37. The molecule has 0 aromatic heterocycles. The normalized spacial score (nSPS) is 10.1. The van der Waals surface area contributed by atoms with Gasteiger partial charge in [-0.2, -0.15) is 0 Å². The van der Waals surface area contributed by atoms with Crippen LogP contribution in [0.4, 0.5) is 0 Å². The van der Waals surface area contributed by atoms with Gasteiger partial charge in [-0.3, -0.25) is 9.59 Å². The quantitative estimate of drug-likeness (QED) is 0.724. The van der Waals surface area contributed by atoms with Crippen molar-refractivity contribution < 1.29 is 19.1 Å². The van der Waals surface area contributed by atoms with Gasteiger partial charge in [-0.1, -0.05) is 12.1 Å². The van der Waals surface area contributed by atoms with Gasteiger partial charge in [-0.25, -0.2) is 0 Å². The summed E-state index contributed by atoms with van der Waals surface area (Å²) in [6.07, 6.45) is 0. The Bertz CT molecular complexity index is 729. The lowest BCUT2D eigenvalue weighted by atomic mass is 10.2. The van der Waals surface area contributed by atoms with E-state index < -0.39 is 0 Å². The van der Waals surface area contributed by atoms with Crippen LogP contribution in [0.25, 0.3) is 0 Å². The number of ether oxygens (including phenoxy) is 2. The minimum atomic E-state index is -0.304. The highest BCUT2D eigenvalue weighted by atomic mass is 16.5. The molecular formula is C20H24N2O4. The zero-order chi connectivity index (χ0) is 18.8. The van der Waals surface area contributed by atoms with Gasteiger partial charge in [0.25, 0.3) is 5.91 Å². The topological polar surface area (TPSA) is 76.7 Å². The number of hydrogen-bond acceptors (Lipinski definition) is 4. The number of carbonyl (C=O) groups excluding carboxylic acids is 2. The van der Waals surface area contributed by atoms with E-state index in [1.807, 2.05) is 38.1 Å². The summed E-state index contributed by atoms with van der Waals surface area (Å²) >= 11 is 0. The number of nitrogens with one attached hydrogen (secondary N) is 2. The third-order valence-corrected chi connectivity index (χ3v) is 3.54. The van der Waals surface area contributed by atoms with E-state index in [2.05, 4.69) is 10.6 Å². The molecular weight excluding hydrogens is 332 g/mol. The summed E-state index contributed by atoms with van der Waals surface area (Å²) in [5.41, 5.74) is 1.41. The molecule has 0 heterocycles. The molecule has 0 aliphatic carbocycles. The Balaban J connectivity index is 1.77. The van der Waals surface area contributed by atoms with Gasteiger partial charge in [0.2, 0.25) is 5.91 Å². The highest BCUT2D eigenvalue weighted by molar-refractivity contribution is 5.96. The second-order valence-electron chi connectivity index (χ2n) is 5.50. The molecule has 2 rings (SSSR count). The van der Waals surface area contributed by atoms with Crippen molar-refractivity contribution in [3.63, 3.8) is 0 Å². The third-order valence-electron chi connectivity index (χ3n) is 3.54. The van der Waals surface area contributed by atoms with Gasteiger partial charge < -0.3 is 20.1 Å². The summed E-state index contributed by atoms with van der Waals surface area (Å²) < 4.78 is 10.8. The minimum absolute atomic E-state index is 0.0861. The van der Waals surface area contributed by atoms with Crippen LogP contribution in [-0.2, 0) is 11.3 Å². The summed E-state index contributed by atoms with van der Waals surface area (Å²) in [5.74, 6) is 0.909. The van der Waals surface area contributed by atoms with E-state index in [-0.39, 0.29) is 18.4 Å². The number of amides is 2. The molecule has 0 radical (unpaired) electrons. The molecule has 0 bridgehead atoms. The molecule has 0 aliphatic heterocycles. The van der Waals surface area contributed by atoms with Crippen LogP contribution in [0.2, 0.25) is 0 Å². The van der Waals surface area contributed by atoms with E-state index in [0.717, 1.165) is 11.3 Å². The van der Waals surface area contributed by atoms with Crippen LogP contribution in [0.5, 0.6) is 11.5 Å². The third kappa shape index (κ3) is 6.12. The fourth-order valence-electron chi connectivity index (χ4n) is 2.31. The Morgan fingerprint density at radius 1 is 0.885 bits per heavy atom. The van der Waals surface area contributed by atoms with Crippen molar-refractivity contribution in [2.75, 3.05) is 19.8 Å². The van der Waals surface area contributed by atoms with E-state index in [1.54, 1.807) is 24.3 Å². The second kappa shape index (κ2) is 10.1. The molecule has 2 amide bonds. The Hall–Kier alpha value is -3.02. The lowest BCUT2D eigenvalue weighted by molar-refractivity contribution is -0.120. The van der Waals surface area contributed by atoms with Crippen LogP contribution in [0.15, 0.2) is 48.5 Å². The van der Waals surface area contributed by atoms with Crippen LogP contribution in [-0.4, -0.2) is 31.6 Å². The van der Waals surface area contributed by atoms with Crippen molar-refractivity contribution in [2.45, 2.75) is 20.4 Å². The van der Waals surface area contributed by atoms with Crippen LogP contribution >= 0.6 is 0 Å². The minimum Gasteiger partial charge on any atom is -0.494 e. The summed E-state index contributed by atoms with van der Waals surface area (Å²) in [4.78, 5) is 24.0. The van der Waals surface area contributed by atoms with Gasteiger partial charge >= 0.3 is 0 Å². The molecule has 0 spiro atoms. The van der Waals surface area contributed by atoms with E-state index in [1.165, 1.54) is 0 Å². The molecule has 0 unspecified atom stereocenters. The number of rotatable bonds is 9. The Kier molecular flexibility index (Phi) is 7.49. The van der Waals surface area contributed by atoms with Crippen molar-refractivity contribution in [2.24, 2.45) is 0 Å². The van der Waals surface area contributed by atoms with Gasteiger partial charge in [0.05, 0.1) is 19.8 Å². The van der Waals surface area contributed by atoms with Gasteiger partial charge in [-0.05, 0) is 55.8 Å². The van der Waals surface area contributed by atoms with Gasteiger partial charge in [0.1, 0.15) is 11.5 Å². The maximum Gasteiger partial charge on any atom is 0.251 e. The van der Waals surface area contributed by atoms with E-state index in [9.17, 15) is 9.59 Å². The monoisotopic (exact) mass is 356 g/mol. The molecule has 6 nitrogen and oxygen atoms in total.